The topological polar surface area (TPSA) is 104 Å². The van der Waals surface area contributed by atoms with E-state index in [9.17, 15) is 14.4 Å². The predicted molar refractivity (Wildman–Crippen MR) is 141 cm³/mol. The number of urea groups is 1. The Bertz CT molecular complexity index is 1260. The summed E-state index contributed by atoms with van der Waals surface area (Å²) in [6.07, 6.45) is 4.48. The highest BCUT2D eigenvalue weighted by atomic mass is 16.5. The molecule has 4 rings (SSSR count). The third-order valence-corrected chi connectivity index (χ3v) is 6.31. The SMILES string of the molecule is COC(=O)CNC(=O)NCc1ccc(C(=O)N2CCCN(Cc3cccnc3)c3ccccc32)cc1C. The summed E-state index contributed by atoms with van der Waals surface area (Å²) in [7, 11) is 1.26. The maximum absolute atomic E-state index is 13.7. The Morgan fingerprint density at radius 1 is 1.00 bits per heavy atom. The number of methoxy groups -OCH3 is 1. The zero-order valence-electron chi connectivity index (χ0n) is 21.1. The molecule has 0 saturated heterocycles. The predicted octanol–water partition coefficient (Wildman–Crippen LogP) is 3.42. The van der Waals surface area contributed by atoms with E-state index in [0.717, 1.165) is 47.6 Å². The number of aryl methyl sites for hydroxylation is 1. The van der Waals surface area contributed by atoms with Crippen molar-refractivity contribution in [1.82, 2.24) is 15.6 Å². The van der Waals surface area contributed by atoms with Gasteiger partial charge >= 0.3 is 12.0 Å². The highest BCUT2D eigenvalue weighted by Crippen LogP contribution is 2.34. The van der Waals surface area contributed by atoms with Gasteiger partial charge in [0, 0.05) is 44.1 Å². The molecule has 3 aromatic rings. The van der Waals surface area contributed by atoms with Crippen molar-refractivity contribution >= 4 is 29.3 Å². The summed E-state index contributed by atoms with van der Waals surface area (Å²) in [5.41, 5.74) is 5.39. The Morgan fingerprint density at radius 3 is 2.54 bits per heavy atom. The Hall–Kier alpha value is -4.40. The zero-order chi connectivity index (χ0) is 26.2. The number of anilines is 2. The number of aromatic nitrogens is 1. The van der Waals surface area contributed by atoms with Crippen LogP contribution in [0.25, 0.3) is 0 Å². The number of pyridine rings is 1. The van der Waals surface area contributed by atoms with Gasteiger partial charge in [-0.25, -0.2) is 4.79 Å². The average Bonchev–Trinajstić information content (AvgIpc) is 3.10. The van der Waals surface area contributed by atoms with Crippen LogP contribution >= 0.6 is 0 Å². The maximum atomic E-state index is 13.7. The second-order valence-electron chi connectivity index (χ2n) is 8.84. The maximum Gasteiger partial charge on any atom is 0.325 e. The lowest BCUT2D eigenvalue weighted by molar-refractivity contribution is -0.139. The summed E-state index contributed by atoms with van der Waals surface area (Å²) >= 11 is 0. The van der Waals surface area contributed by atoms with Gasteiger partial charge in [-0.15, -0.1) is 0 Å². The molecule has 0 aliphatic carbocycles. The lowest BCUT2D eigenvalue weighted by atomic mass is 10.0. The molecule has 2 aromatic carbocycles. The van der Waals surface area contributed by atoms with E-state index in [1.165, 1.54) is 7.11 Å². The van der Waals surface area contributed by atoms with E-state index in [4.69, 9.17) is 0 Å². The molecule has 2 N–H and O–H groups in total. The van der Waals surface area contributed by atoms with E-state index in [-0.39, 0.29) is 19.0 Å². The second kappa shape index (κ2) is 12.0. The largest absolute Gasteiger partial charge is 0.468 e. The fourth-order valence-corrected chi connectivity index (χ4v) is 4.35. The molecule has 2 heterocycles. The molecular formula is C28H31N5O4. The van der Waals surface area contributed by atoms with E-state index < -0.39 is 12.0 Å². The molecule has 0 radical (unpaired) electrons. The van der Waals surface area contributed by atoms with Gasteiger partial charge in [-0.3, -0.25) is 14.6 Å². The van der Waals surface area contributed by atoms with E-state index >= 15 is 0 Å². The molecule has 37 heavy (non-hydrogen) atoms. The van der Waals surface area contributed by atoms with Gasteiger partial charge < -0.3 is 25.2 Å². The van der Waals surface area contributed by atoms with Crippen molar-refractivity contribution in [3.05, 3.63) is 89.2 Å². The van der Waals surface area contributed by atoms with Gasteiger partial charge in [0.2, 0.25) is 0 Å². The summed E-state index contributed by atoms with van der Waals surface area (Å²) in [6.45, 7) is 4.14. The number of nitrogens with one attached hydrogen (secondary N) is 2. The molecule has 0 bridgehead atoms. The van der Waals surface area contributed by atoms with Gasteiger partial charge in [-0.1, -0.05) is 24.3 Å². The van der Waals surface area contributed by atoms with Crippen molar-refractivity contribution in [2.45, 2.75) is 26.4 Å². The number of carbonyl (C=O) groups is 3. The minimum atomic E-state index is -0.524. The summed E-state index contributed by atoms with van der Waals surface area (Å²) in [5, 5.41) is 5.15. The fraction of sp³-hybridized carbons (Fsp3) is 0.286. The monoisotopic (exact) mass is 501 g/mol. The molecule has 0 unspecified atom stereocenters. The lowest BCUT2D eigenvalue weighted by Crippen LogP contribution is -2.38. The van der Waals surface area contributed by atoms with Crippen LogP contribution in [0.15, 0.2) is 67.0 Å². The van der Waals surface area contributed by atoms with Gasteiger partial charge in [-0.05, 0) is 60.4 Å². The standard InChI is InChI=1S/C28H31N5O4/c1-20-15-22(10-11-23(20)17-30-28(36)31-18-26(34)37-2)27(35)33-14-6-13-32(19-21-7-5-12-29-16-21)24-8-3-4-9-25(24)33/h3-5,7-12,15-16H,6,13-14,17-19H2,1-2H3,(H2,30,31,36). The molecule has 1 aromatic heterocycles. The number of para-hydroxylation sites is 2. The van der Waals surface area contributed by atoms with Crippen molar-refractivity contribution in [3.63, 3.8) is 0 Å². The number of benzene rings is 2. The van der Waals surface area contributed by atoms with E-state index in [1.54, 1.807) is 12.3 Å². The van der Waals surface area contributed by atoms with Gasteiger partial charge in [0.25, 0.3) is 5.91 Å². The first kappa shape index (κ1) is 25.7. The number of carbonyl (C=O) groups excluding carboxylic acids is 3. The fourth-order valence-electron chi connectivity index (χ4n) is 4.35. The first-order chi connectivity index (χ1) is 18.0. The number of hydrogen-bond acceptors (Lipinski definition) is 6. The third-order valence-electron chi connectivity index (χ3n) is 6.31. The molecule has 192 valence electrons. The zero-order valence-corrected chi connectivity index (χ0v) is 21.1. The molecule has 9 heteroatoms. The minimum absolute atomic E-state index is 0.0610. The second-order valence-corrected chi connectivity index (χ2v) is 8.84. The first-order valence-electron chi connectivity index (χ1n) is 12.2. The molecule has 1 aliphatic rings. The van der Waals surface area contributed by atoms with Crippen LogP contribution in [0.4, 0.5) is 16.2 Å². The van der Waals surface area contributed by atoms with Gasteiger partial charge in [0.1, 0.15) is 6.54 Å². The summed E-state index contributed by atoms with van der Waals surface area (Å²) < 4.78 is 4.51. The molecule has 0 fully saturated rings. The molecule has 9 nitrogen and oxygen atoms in total. The molecule has 3 amide bonds. The van der Waals surface area contributed by atoms with Crippen LogP contribution in [0.3, 0.4) is 0 Å². The normalized spacial score (nSPS) is 12.8. The number of ether oxygens (including phenoxy) is 1. The number of rotatable bonds is 7. The first-order valence-corrected chi connectivity index (χ1v) is 12.2. The lowest BCUT2D eigenvalue weighted by Gasteiger charge is -2.27. The minimum Gasteiger partial charge on any atom is -0.468 e. The van der Waals surface area contributed by atoms with Crippen LogP contribution in [-0.4, -0.2) is 49.6 Å². The Morgan fingerprint density at radius 2 is 1.81 bits per heavy atom. The van der Waals surface area contributed by atoms with Crippen LogP contribution in [0.1, 0.15) is 33.5 Å². The Kier molecular flexibility index (Phi) is 8.35. The quantitative estimate of drug-likeness (QED) is 0.481. The van der Waals surface area contributed by atoms with Crippen molar-refractivity contribution in [1.29, 1.82) is 0 Å². The Balaban J connectivity index is 1.47. The summed E-state index contributed by atoms with van der Waals surface area (Å²) in [4.78, 5) is 45.1. The average molecular weight is 502 g/mol. The van der Waals surface area contributed by atoms with Gasteiger partial charge in [-0.2, -0.15) is 0 Å². The smallest absolute Gasteiger partial charge is 0.325 e. The van der Waals surface area contributed by atoms with Crippen molar-refractivity contribution in [2.24, 2.45) is 0 Å². The van der Waals surface area contributed by atoms with Gasteiger partial charge in [0.15, 0.2) is 0 Å². The van der Waals surface area contributed by atoms with Crippen LogP contribution < -0.4 is 20.4 Å². The summed E-state index contributed by atoms with van der Waals surface area (Å²) in [6, 6.07) is 17.0. The van der Waals surface area contributed by atoms with Crippen molar-refractivity contribution in [3.8, 4) is 0 Å². The van der Waals surface area contributed by atoms with Crippen LogP contribution in [-0.2, 0) is 22.6 Å². The van der Waals surface area contributed by atoms with Crippen LogP contribution in [0.5, 0.6) is 0 Å². The Labute approximate surface area is 216 Å². The van der Waals surface area contributed by atoms with Crippen molar-refractivity contribution < 1.29 is 19.1 Å². The molecule has 0 saturated carbocycles. The van der Waals surface area contributed by atoms with Crippen LogP contribution in [0, 0.1) is 6.92 Å². The van der Waals surface area contributed by atoms with E-state index in [2.05, 4.69) is 37.4 Å². The summed E-state index contributed by atoms with van der Waals surface area (Å²) in [5.74, 6) is -0.585. The molecule has 0 atom stereocenters. The highest BCUT2D eigenvalue weighted by molar-refractivity contribution is 6.08. The number of hydrogen-bond donors (Lipinski definition) is 2. The van der Waals surface area contributed by atoms with E-state index in [1.807, 2.05) is 54.4 Å². The number of esters is 1. The number of nitrogens with zero attached hydrogens (tertiary/aromatic N) is 3. The van der Waals surface area contributed by atoms with Crippen LogP contribution in [0.2, 0.25) is 0 Å². The third kappa shape index (κ3) is 6.43. The molecular weight excluding hydrogens is 470 g/mol. The molecule has 0 spiro atoms. The van der Waals surface area contributed by atoms with Crippen molar-refractivity contribution in [2.75, 3.05) is 36.5 Å². The van der Waals surface area contributed by atoms with E-state index in [0.29, 0.717) is 12.1 Å². The number of amides is 3. The molecule has 1 aliphatic heterocycles. The number of fused-ring (bicyclic) bond motifs is 1. The van der Waals surface area contributed by atoms with Gasteiger partial charge in [0.05, 0.1) is 18.5 Å². The highest BCUT2D eigenvalue weighted by Gasteiger charge is 2.26.